The van der Waals surface area contributed by atoms with Crippen molar-refractivity contribution >= 4 is 23.5 Å². The molecule has 0 aromatic carbocycles. The third-order valence-electron chi connectivity index (χ3n) is 5.81. The minimum atomic E-state index is -1.04. The number of methoxy groups -OCH3 is 1. The van der Waals surface area contributed by atoms with Crippen molar-refractivity contribution in [1.29, 1.82) is 0 Å². The molecule has 34 heavy (non-hydrogen) atoms. The van der Waals surface area contributed by atoms with Gasteiger partial charge in [-0.25, -0.2) is 0 Å². The smallest absolute Gasteiger partial charge is 0.274 e. The molecule has 188 valence electrons. The van der Waals surface area contributed by atoms with E-state index in [1.54, 1.807) is 13.0 Å². The topological polar surface area (TPSA) is 152 Å². The van der Waals surface area contributed by atoms with Crippen LogP contribution >= 0.6 is 0 Å². The van der Waals surface area contributed by atoms with Gasteiger partial charge in [0, 0.05) is 19.6 Å². The first-order valence-electron chi connectivity index (χ1n) is 11.6. The third kappa shape index (κ3) is 7.36. The van der Waals surface area contributed by atoms with Gasteiger partial charge in [-0.2, -0.15) is 0 Å². The van der Waals surface area contributed by atoms with E-state index in [0.717, 1.165) is 19.3 Å². The summed E-state index contributed by atoms with van der Waals surface area (Å²) in [6, 6.07) is -0.178. The molecule has 11 heteroatoms. The van der Waals surface area contributed by atoms with Crippen LogP contribution in [-0.2, 0) is 30.3 Å². The third-order valence-corrected chi connectivity index (χ3v) is 5.81. The lowest BCUT2D eigenvalue weighted by Crippen LogP contribution is -2.53. The Morgan fingerprint density at radius 3 is 2.50 bits per heavy atom. The molecule has 2 aliphatic rings. The van der Waals surface area contributed by atoms with Crippen molar-refractivity contribution in [3.8, 4) is 0 Å². The monoisotopic (exact) mass is 478 g/mol. The number of ether oxygens (including phenoxy) is 2. The van der Waals surface area contributed by atoms with Gasteiger partial charge in [0.05, 0.1) is 25.8 Å². The molecule has 1 saturated carbocycles. The first kappa shape index (κ1) is 25.8. The van der Waals surface area contributed by atoms with Crippen LogP contribution in [0.5, 0.6) is 0 Å². The standard InChI is InChI=1S/C23H34N4O7/c1-13(2)7-16(20(29)23(3)12-33-23)25-19(28)10-24-21(30)18(11-32-4)26-22(31)17-9-15(34-27-17)8-14-5-6-14/h9,13-14,16,18H,5-8,10-12H2,1-4H3,(H,24,30)(H,25,28)(H,26,31)/t16-,18-,23+/m0/s1. The highest BCUT2D eigenvalue weighted by Gasteiger charge is 2.50. The van der Waals surface area contributed by atoms with Gasteiger partial charge in [0.2, 0.25) is 11.8 Å². The van der Waals surface area contributed by atoms with Crippen molar-refractivity contribution in [3.63, 3.8) is 0 Å². The molecule has 1 saturated heterocycles. The summed E-state index contributed by atoms with van der Waals surface area (Å²) in [7, 11) is 1.39. The van der Waals surface area contributed by atoms with E-state index in [2.05, 4.69) is 21.1 Å². The highest BCUT2D eigenvalue weighted by molar-refractivity contribution is 5.98. The zero-order valence-electron chi connectivity index (χ0n) is 20.1. The Labute approximate surface area is 198 Å². The molecule has 2 heterocycles. The van der Waals surface area contributed by atoms with Gasteiger partial charge in [0.15, 0.2) is 11.5 Å². The number of hydrogen-bond acceptors (Lipinski definition) is 8. The number of rotatable bonds is 14. The minimum absolute atomic E-state index is 0.0770. The Kier molecular flexibility index (Phi) is 8.42. The normalized spacial score (nSPS) is 21.0. The second-order valence-electron chi connectivity index (χ2n) is 9.66. The molecule has 1 aliphatic carbocycles. The van der Waals surface area contributed by atoms with Crippen LogP contribution in [0.1, 0.15) is 56.3 Å². The van der Waals surface area contributed by atoms with E-state index in [1.807, 2.05) is 13.8 Å². The molecular weight excluding hydrogens is 444 g/mol. The predicted octanol–water partition coefficient (Wildman–Crippen LogP) is 0.377. The molecule has 1 aromatic rings. The summed E-state index contributed by atoms with van der Waals surface area (Å²) >= 11 is 0. The van der Waals surface area contributed by atoms with Crippen molar-refractivity contribution in [3.05, 3.63) is 17.5 Å². The quantitative estimate of drug-likeness (QED) is 0.325. The van der Waals surface area contributed by atoms with E-state index >= 15 is 0 Å². The van der Waals surface area contributed by atoms with E-state index < -0.39 is 35.4 Å². The lowest BCUT2D eigenvalue weighted by molar-refractivity contribution is -0.131. The fourth-order valence-corrected chi connectivity index (χ4v) is 3.56. The van der Waals surface area contributed by atoms with Gasteiger partial charge < -0.3 is 29.9 Å². The molecular formula is C23H34N4O7. The van der Waals surface area contributed by atoms with Gasteiger partial charge in [-0.05, 0) is 38.0 Å². The number of nitrogens with zero attached hydrogens (tertiary/aromatic N) is 1. The van der Waals surface area contributed by atoms with Crippen LogP contribution in [-0.4, -0.2) is 73.2 Å². The van der Waals surface area contributed by atoms with Crippen LogP contribution in [0.2, 0.25) is 0 Å². The van der Waals surface area contributed by atoms with Crippen LogP contribution in [0.15, 0.2) is 10.6 Å². The van der Waals surface area contributed by atoms with Crippen LogP contribution in [0.3, 0.4) is 0 Å². The first-order chi connectivity index (χ1) is 16.1. The average molecular weight is 479 g/mol. The van der Waals surface area contributed by atoms with E-state index in [9.17, 15) is 19.2 Å². The maximum Gasteiger partial charge on any atom is 0.274 e. The largest absolute Gasteiger partial charge is 0.382 e. The van der Waals surface area contributed by atoms with Gasteiger partial charge in [-0.15, -0.1) is 0 Å². The number of ketones is 1. The number of carbonyl (C=O) groups is 4. The molecule has 3 N–H and O–H groups in total. The molecule has 0 spiro atoms. The van der Waals surface area contributed by atoms with E-state index in [4.69, 9.17) is 14.0 Å². The lowest BCUT2D eigenvalue weighted by Gasteiger charge is -2.22. The van der Waals surface area contributed by atoms with Gasteiger partial charge in [0.25, 0.3) is 5.91 Å². The highest BCUT2D eigenvalue weighted by Crippen LogP contribution is 2.32. The van der Waals surface area contributed by atoms with Gasteiger partial charge in [0.1, 0.15) is 17.4 Å². The summed E-state index contributed by atoms with van der Waals surface area (Å²) in [4.78, 5) is 50.2. The number of epoxide rings is 1. The first-order valence-corrected chi connectivity index (χ1v) is 11.6. The van der Waals surface area contributed by atoms with Crippen LogP contribution < -0.4 is 16.0 Å². The Hall–Kier alpha value is -2.79. The SMILES string of the molecule is COC[C@H](NC(=O)c1cc(CC2CC2)on1)C(=O)NCC(=O)N[C@@H](CC(C)C)C(=O)[C@@]1(C)CO1. The fraction of sp³-hybridized carbons (Fsp3) is 0.696. The summed E-state index contributed by atoms with van der Waals surface area (Å²) in [5, 5.41) is 11.5. The van der Waals surface area contributed by atoms with Gasteiger partial charge in [-0.3, -0.25) is 19.2 Å². The number of nitrogens with one attached hydrogen (secondary N) is 3. The minimum Gasteiger partial charge on any atom is -0.382 e. The van der Waals surface area contributed by atoms with E-state index in [1.165, 1.54) is 7.11 Å². The summed E-state index contributed by atoms with van der Waals surface area (Å²) in [6.07, 6.45) is 3.49. The van der Waals surface area contributed by atoms with Gasteiger partial charge in [-0.1, -0.05) is 19.0 Å². The van der Waals surface area contributed by atoms with Crippen molar-refractivity contribution in [2.24, 2.45) is 11.8 Å². The summed E-state index contributed by atoms with van der Waals surface area (Å²) in [5.74, 6) is -0.484. The number of hydrogen-bond donors (Lipinski definition) is 3. The summed E-state index contributed by atoms with van der Waals surface area (Å²) in [6.45, 7) is 5.47. The maximum absolute atomic E-state index is 12.6. The predicted molar refractivity (Wildman–Crippen MR) is 120 cm³/mol. The molecule has 3 atom stereocenters. The van der Waals surface area contributed by atoms with E-state index in [0.29, 0.717) is 24.7 Å². The molecule has 2 fully saturated rings. The van der Waals surface area contributed by atoms with Crippen molar-refractivity contribution in [2.45, 2.75) is 64.1 Å². The van der Waals surface area contributed by atoms with Crippen molar-refractivity contribution in [2.75, 3.05) is 26.9 Å². The zero-order valence-corrected chi connectivity index (χ0v) is 20.1. The molecule has 0 radical (unpaired) electrons. The highest BCUT2D eigenvalue weighted by atomic mass is 16.6. The van der Waals surface area contributed by atoms with Crippen LogP contribution in [0.4, 0.5) is 0 Å². The van der Waals surface area contributed by atoms with Crippen LogP contribution in [0.25, 0.3) is 0 Å². The molecule has 3 rings (SSSR count). The maximum atomic E-state index is 12.6. The van der Waals surface area contributed by atoms with Crippen molar-refractivity contribution in [1.82, 2.24) is 21.1 Å². The fourth-order valence-electron chi connectivity index (χ4n) is 3.56. The second kappa shape index (κ2) is 11.1. The summed E-state index contributed by atoms with van der Waals surface area (Å²) in [5.41, 5.74) is -0.781. The van der Waals surface area contributed by atoms with Gasteiger partial charge >= 0.3 is 0 Å². The molecule has 1 aliphatic heterocycles. The lowest BCUT2D eigenvalue weighted by atomic mass is 9.93. The van der Waals surface area contributed by atoms with Crippen LogP contribution in [0, 0.1) is 11.8 Å². The molecule has 11 nitrogen and oxygen atoms in total. The summed E-state index contributed by atoms with van der Waals surface area (Å²) < 4.78 is 15.5. The molecule has 0 unspecified atom stereocenters. The van der Waals surface area contributed by atoms with Crippen molar-refractivity contribution < 1.29 is 33.2 Å². The Morgan fingerprint density at radius 2 is 1.91 bits per heavy atom. The Morgan fingerprint density at radius 1 is 1.21 bits per heavy atom. The number of aromatic nitrogens is 1. The second-order valence-corrected chi connectivity index (χ2v) is 9.66. The van der Waals surface area contributed by atoms with E-state index in [-0.39, 0.29) is 30.5 Å². The number of Topliss-reactive ketones (excluding diaryl/α,β-unsaturated/α-hetero) is 1. The average Bonchev–Trinajstić information content (AvgIpc) is 3.69. The molecule has 1 aromatic heterocycles. The number of carbonyl (C=O) groups excluding carboxylic acids is 4. The zero-order chi connectivity index (χ0) is 24.9. The molecule has 0 bridgehead atoms. The Bertz CT molecular complexity index is 905. The molecule has 3 amide bonds. The Balaban J connectivity index is 1.50. The number of amides is 3.